The lowest BCUT2D eigenvalue weighted by Gasteiger charge is -2.23. The summed E-state index contributed by atoms with van der Waals surface area (Å²) in [4.78, 5) is 28.4. The van der Waals surface area contributed by atoms with Crippen molar-refractivity contribution < 1.29 is 23.8 Å². The number of rotatable bonds is 8. The Morgan fingerprint density at radius 3 is 2.62 bits per heavy atom. The van der Waals surface area contributed by atoms with Gasteiger partial charge in [0.05, 0.1) is 38.7 Å². The van der Waals surface area contributed by atoms with Crippen LogP contribution in [-0.4, -0.2) is 55.7 Å². The number of amides is 2. The van der Waals surface area contributed by atoms with Crippen LogP contribution >= 0.6 is 11.6 Å². The molecule has 3 heterocycles. The van der Waals surface area contributed by atoms with Gasteiger partial charge in [0.1, 0.15) is 5.60 Å². The summed E-state index contributed by atoms with van der Waals surface area (Å²) in [7, 11) is 3.20. The fourth-order valence-electron chi connectivity index (χ4n) is 5.28. The summed E-state index contributed by atoms with van der Waals surface area (Å²) < 4.78 is 16.9. The summed E-state index contributed by atoms with van der Waals surface area (Å²) in [5.74, 6) is 0.102. The van der Waals surface area contributed by atoms with Crippen LogP contribution in [0.2, 0.25) is 5.02 Å². The Labute approximate surface area is 203 Å². The van der Waals surface area contributed by atoms with Crippen molar-refractivity contribution in [3.63, 3.8) is 0 Å². The second-order valence-corrected chi connectivity index (χ2v) is 9.38. The van der Waals surface area contributed by atoms with Crippen LogP contribution in [0.5, 0.6) is 11.5 Å². The molecule has 0 aliphatic carbocycles. The van der Waals surface area contributed by atoms with Crippen LogP contribution in [-0.2, 0) is 27.3 Å². The van der Waals surface area contributed by atoms with Crippen LogP contribution in [0.15, 0.2) is 54.6 Å². The molecule has 178 valence electrons. The van der Waals surface area contributed by atoms with Gasteiger partial charge >= 0.3 is 0 Å². The van der Waals surface area contributed by atoms with Gasteiger partial charge in [-0.25, -0.2) is 0 Å². The van der Waals surface area contributed by atoms with E-state index in [1.807, 2.05) is 47.4 Å². The topological polar surface area (TPSA) is 77.1 Å². The Morgan fingerprint density at radius 2 is 1.88 bits per heavy atom. The van der Waals surface area contributed by atoms with Crippen molar-refractivity contribution in [1.29, 1.82) is 0 Å². The summed E-state index contributed by atoms with van der Waals surface area (Å²) in [6.07, 6.45) is 4.19. The van der Waals surface area contributed by atoms with Gasteiger partial charge in [0, 0.05) is 18.1 Å². The first-order valence-electron chi connectivity index (χ1n) is 11.3. The monoisotopic (exact) mass is 482 g/mol. The summed E-state index contributed by atoms with van der Waals surface area (Å²) in [6, 6.07) is 13.1. The van der Waals surface area contributed by atoms with E-state index in [-0.39, 0.29) is 17.9 Å². The van der Waals surface area contributed by atoms with E-state index in [9.17, 15) is 9.59 Å². The third-order valence-electron chi connectivity index (χ3n) is 6.98. The number of hydrogen-bond donors (Lipinski definition) is 1. The van der Waals surface area contributed by atoms with Gasteiger partial charge in [-0.05, 0) is 41.8 Å². The fraction of sp³-hybridized carbons (Fsp3) is 0.385. The zero-order chi connectivity index (χ0) is 23.9. The zero-order valence-electron chi connectivity index (χ0n) is 19.1. The van der Waals surface area contributed by atoms with Gasteiger partial charge in [-0.15, -0.1) is 0 Å². The average molecular weight is 483 g/mol. The zero-order valence-corrected chi connectivity index (χ0v) is 19.9. The summed E-state index contributed by atoms with van der Waals surface area (Å²) in [5, 5.41) is 3.63. The highest BCUT2D eigenvalue weighted by Gasteiger charge is 2.66. The Balaban J connectivity index is 1.25. The van der Waals surface area contributed by atoms with Crippen molar-refractivity contribution in [2.45, 2.75) is 24.7 Å². The largest absolute Gasteiger partial charge is 0.493 e. The molecular weight excluding hydrogens is 456 g/mol. The summed E-state index contributed by atoms with van der Waals surface area (Å²) in [5.41, 5.74) is 1.26. The molecule has 3 aliphatic heterocycles. The number of methoxy groups -OCH3 is 2. The van der Waals surface area contributed by atoms with Crippen LogP contribution in [0.25, 0.3) is 0 Å². The van der Waals surface area contributed by atoms with Gasteiger partial charge < -0.3 is 24.4 Å². The predicted molar refractivity (Wildman–Crippen MR) is 127 cm³/mol. The van der Waals surface area contributed by atoms with Gasteiger partial charge in [-0.3, -0.25) is 9.59 Å². The van der Waals surface area contributed by atoms with E-state index in [0.717, 1.165) is 11.1 Å². The second-order valence-electron chi connectivity index (χ2n) is 8.94. The Morgan fingerprint density at radius 1 is 1.15 bits per heavy atom. The lowest BCUT2D eigenvalue weighted by atomic mass is 9.77. The molecular formula is C26H27ClN2O5. The van der Waals surface area contributed by atoms with Crippen molar-refractivity contribution in [2.75, 3.05) is 27.3 Å². The van der Waals surface area contributed by atoms with Crippen molar-refractivity contribution in [1.82, 2.24) is 10.2 Å². The van der Waals surface area contributed by atoms with E-state index < -0.39 is 17.4 Å². The molecule has 1 spiro atoms. The minimum atomic E-state index is -0.721. The fourth-order valence-corrected chi connectivity index (χ4v) is 5.40. The first kappa shape index (κ1) is 22.7. The molecule has 2 fully saturated rings. The van der Waals surface area contributed by atoms with Crippen LogP contribution in [0, 0.1) is 11.8 Å². The van der Waals surface area contributed by atoms with Gasteiger partial charge in [-0.1, -0.05) is 42.0 Å². The summed E-state index contributed by atoms with van der Waals surface area (Å²) in [6.45, 7) is 1.37. The van der Waals surface area contributed by atoms with E-state index in [2.05, 4.69) is 5.32 Å². The molecule has 8 heteroatoms. The minimum absolute atomic E-state index is 0.0287. The van der Waals surface area contributed by atoms with E-state index in [4.69, 9.17) is 25.8 Å². The molecule has 2 saturated heterocycles. The third kappa shape index (κ3) is 3.93. The molecule has 2 aromatic rings. The number of fused-ring (bicyclic) bond motifs is 1. The molecule has 34 heavy (non-hydrogen) atoms. The SMILES string of the molecule is COc1ccc(CCN2CC34C=CC(O3)C(C(=O)NCc3ccc(Cl)cc3)C4C2=O)cc1OC. The first-order valence-corrected chi connectivity index (χ1v) is 11.7. The van der Waals surface area contributed by atoms with E-state index in [0.29, 0.717) is 42.6 Å². The molecule has 4 unspecified atom stereocenters. The van der Waals surface area contributed by atoms with Crippen LogP contribution < -0.4 is 14.8 Å². The highest BCUT2D eigenvalue weighted by Crippen LogP contribution is 2.51. The number of halogens is 1. The van der Waals surface area contributed by atoms with Crippen molar-refractivity contribution in [3.05, 3.63) is 70.8 Å². The molecule has 5 rings (SSSR count). The molecule has 0 saturated carbocycles. The summed E-state index contributed by atoms with van der Waals surface area (Å²) >= 11 is 5.94. The number of benzene rings is 2. The molecule has 2 bridgehead atoms. The Kier molecular flexibility index (Phi) is 6.00. The number of nitrogens with one attached hydrogen (secondary N) is 1. The van der Waals surface area contributed by atoms with Crippen LogP contribution in [0.3, 0.4) is 0 Å². The number of ether oxygens (including phenoxy) is 3. The molecule has 0 radical (unpaired) electrons. The highest BCUT2D eigenvalue weighted by atomic mass is 35.5. The van der Waals surface area contributed by atoms with Crippen LogP contribution in [0.4, 0.5) is 0 Å². The number of nitrogens with zero attached hydrogens (tertiary/aromatic N) is 1. The average Bonchev–Trinajstić information content (AvgIpc) is 3.50. The van der Waals surface area contributed by atoms with Crippen molar-refractivity contribution in [3.8, 4) is 11.5 Å². The van der Waals surface area contributed by atoms with E-state index in [1.165, 1.54) is 0 Å². The predicted octanol–water partition coefficient (Wildman–Crippen LogP) is 3.00. The number of carbonyl (C=O) groups excluding carboxylic acids is 2. The van der Waals surface area contributed by atoms with Gasteiger partial charge in [0.15, 0.2) is 11.5 Å². The maximum atomic E-state index is 13.4. The van der Waals surface area contributed by atoms with Gasteiger partial charge in [0.25, 0.3) is 0 Å². The molecule has 7 nitrogen and oxygen atoms in total. The molecule has 0 aromatic heterocycles. The van der Waals surface area contributed by atoms with E-state index >= 15 is 0 Å². The highest BCUT2D eigenvalue weighted by molar-refractivity contribution is 6.30. The Bertz CT molecular complexity index is 1130. The van der Waals surface area contributed by atoms with Crippen molar-refractivity contribution >= 4 is 23.4 Å². The second kappa shape index (κ2) is 8.96. The standard InChI is InChI=1S/C26H27ClN2O5/c1-32-19-8-5-16(13-21(19)33-2)10-12-29-15-26-11-9-20(34-26)22(23(26)25(29)31)24(30)28-14-17-3-6-18(27)7-4-17/h3-9,11,13,20,22-23H,10,12,14-15H2,1-2H3,(H,28,30). The third-order valence-corrected chi connectivity index (χ3v) is 7.23. The van der Waals surface area contributed by atoms with E-state index in [1.54, 1.807) is 26.4 Å². The molecule has 2 amide bonds. The number of likely N-dealkylation sites (tertiary alicyclic amines) is 1. The number of carbonyl (C=O) groups is 2. The van der Waals surface area contributed by atoms with Crippen LogP contribution in [0.1, 0.15) is 11.1 Å². The molecule has 3 aliphatic rings. The quantitative estimate of drug-likeness (QED) is 0.585. The molecule has 1 N–H and O–H groups in total. The lowest BCUT2D eigenvalue weighted by Crippen LogP contribution is -2.44. The molecule has 4 atom stereocenters. The van der Waals surface area contributed by atoms with Gasteiger partial charge in [0.2, 0.25) is 11.8 Å². The lowest BCUT2D eigenvalue weighted by molar-refractivity contribution is -0.137. The van der Waals surface area contributed by atoms with Gasteiger partial charge in [-0.2, -0.15) is 0 Å². The first-order chi connectivity index (χ1) is 16.4. The smallest absolute Gasteiger partial charge is 0.230 e. The van der Waals surface area contributed by atoms with Crippen molar-refractivity contribution in [2.24, 2.45) is 11.8 Å². The Hall–Kier alpha value is -3.03. The maximum absolute atomic E-state index is 13.4. The molecule has 2 aromatic carbocycles. The normalized spacial score (nSPS) is 26.6. The minimum Gasteiger partial charge on any atom is -0.493 e. The maximum Gasteiger partial charge on any atom is 0.230 e. The number of hydrogen-bond acceptors (Lipinski definition) is 5.